The Morgan fingerprint density at radius 2 is 1.91 bits per heavy atom. The molecule has 1 N–H and O–H groups in total. The molecular weight excluding hydrogens is 463 g/mol. The molecule has 1 aliphatic heterocycles. The molecular formula is C23H25FN4O5S. The fourth-order valence-corrected chi connectivity index (χ4v) is 5.58. The Kier molecular flexibility index (Phi) is 6.94. The van der Waals surface area contributed by atoms with Crippen LogP contribution in [0.15, 0.2) is 52.4 Å². The fraction of sp³-hybridized carbons (Fsp3) is 0.348. The number of nitrogens with one attached hydrogen (secondary N) is 1. The lowest BCUT2D eigenvalue weighted by molar-refractivity contribution is -0.116. The second-order valence-corrected chi connectivity index (χ2v) is 9.85. The van der Waals surface area contributed by atoms with Gasteiger partial charge in [-0.05, 0) is 50.1 Å². The summed E-state index contributed by atoms with van der Waals surface area (Å²) in [5.41, 5.74) is -0.0335. The van der Waals surface area contributed by atoms with Crippen molar-refractivity contribution in [2.45, 2.75) is 37.6 Å². The zero-order valence-corrected chi connectivity index (χ0v) is 19.5. The largest absolute Gasteiger partial charge is 0.492 e. The SMILES string of the molecule is CCOc1ccc(NC(=O)Cn2cnc3cc(F)ccc3c2=O)cc1S(=O)(=O)N1CCCCC1. The molecule has 0 bridgehead atoms. The summed E-state index contributed by atoms with van der Waals surface area (Å²) in [6.07, 6.45) is 3.74. The van der Waals surface area contributed by atoms with Crippen LogP contribution in [0, 0.1) is 5.82 Å². The van der Waals surface area contributed by atoms with Crippen LogP contribution in [0.5, 0.6) is 5.75 Å². The molecule has 0 spiro atoms. The normalized spacial score (nSPS) is 14.8. The molecule has 2 aromatic carbocycles. The number of aromatic nitrogens is 2. The number of sulfonamides is 1. The van der Waals surface area contributed by atoms with E-state index in [1.807, 2.05) is 0 Å². The van der Waals surface area contributed by atoms with Crippen molar-refractivity contribution >= 4 is 32.5 Å². The molecule has 3 aromatic rings. The number of ether oxygens (including phenoxy) is 1. The molecule has 0 radical (unpaired) electrons. The van der Waals surface area contributed by atoms with Gasteiger partial charge in [0.2, 0.25) is 15.9 Å². The number of piperidine rings is 1. The summed E-state index contributed by atoms with van der Waals surface area (Å²) in [6, 6.07) is 8.04. The van der Waals surface area contributed by atoms with Crippen LogP contribution in [0.4, 0.5) is 10.1 Å². The number of amides is 1. The summed E-state index contributed by atoms with van der Waals surface area (Å²) in [7, 11) is -3.81. The van der Waals surface area contributed by atoms with E-state index >= 15 is 0 Å². The Bertz CT molecular complexity index is 1380. The standard InChI is InChI=1S/C23H25FN4O5S/c1-2-33-20-9-7-17(13-21(20)34(31,32)28-10-4-3-5-11-28)26-22(29)14-27-15-25-19-12-16(24)6-8-18(19)23(27)30/h6-9,12-13,15H,2-5,10-11,14H2,1H3,(H,26,29). The molecule has 0 aliphatic carbocycles. The Hall–Kier alpha value is -3.31. The summed E-state index contributed by atoms with van der Waals surface area (Å²) < 4.78 is 48.0. The van der Waals surface area contributed by atoms with Crippen molar-refractivity contribution in [2.24, 2.45) is 0 Å². The van der Waals surface area contributed by atoms with Gasteiger partial charge in [0.25, 0.3) is 5.56 Å². The molecule has 2 heterocycles. The average molecular weight is 489 g/mol. The van der Waals surface area contributed by atoms with Crippen molar-refractivity contribution in [3.63, 3.8) is 0 Å². The van der Waals surface area contributed by atoms with Gasteiger partial charge in [-0.15, -0.1) is 0 Å². The molecule has 1 aromatic heterocycles. The van der Waals surface area contributed by atoms with E-state index in [0.29, 0.717) is 13.1 Å². The third-order valence-corrected chi connectivity index (χ3v) is 7.48. The molecule has 1 fully saturated rings. The van der Waals surface area contributed by atoms with E-state index in [4.69, 9.17) is 4.74 Å². The number of anilines is 1. The second kappa shape index (κ2) is 9.90. The minimum atomic E-state index is -3.81. The zero-order chi connectivity index (χ0) is 24.3. The van der Waals surface area contributed by atoms with Crippen LogP contribution in [0.1, 0.15) is 26.2 Å². The van der Waals surface area contributed by atoms with Gasteiger partial charge in [0.1, 0.15) is 23.0 Å². The van der Waals surface area contributed by atoms with Gasteiger partial charge in [0.15, 0.2) is 0 Å². The van der Waals surface area contributed by atoms with E-state index in [0.717, 1.165) is 36.0 Å². The molecule has 0 atom stereocenters. The van der Waals surface area contributed by atoms with Gasteiger partial charge in [-0.1, -0.05) is 6.42 Å². The van der Waals surface area contributed by atoms with E-state index in [1.54, 1.807) is 13.0 Å². The first-order valence-electron chi connectivity index (χ1n) is 11.0. The lowest BCUT2D eigenvalue weighted by Gasteiger charge is -2.27. The van der Waals surface area contributed by atoms with Gasteiger partial charge < -0.3 is 10.1 Å². The average Bonchev–Trinajstić information content (AvgIpc) is 2.82. The minimum absolute atomic E-state index is 0.0133. The Labute approximate surface area is 196 Å². The van der Waals surface area contributed by atoms with Crippen molar-refractivity contribution in [2.75, 3.05) is 25.0 Å². The van der Waals surface area contributed by atoms with Crippen molar-refractivity contribution in [1.29, 1.82) is 0 Å². The number of carbonyl (C=O) groups excluding carboxylic acids is 1. The summed E-state index contributed by atoms with van der Waals surface area (Å²) in [6.45, 7) is 2.58. The maximum absolute atomic E-state index is 13.4. The van der Waals surface area contributed by atoms with Crippen LogP contribution in [0.25, 0.3) is 10.9 Å². The topological polar surface area (TPSA) is 111 Å². The highest BCUT2D eigenvalue weighted by atomic mass is 32.2. The van der Waals surface area contributed by atoms with Crippen LogP contribution in [0.2, 0.25) is 0 Å². The molecule has 180 valence electrons. The smallest absolute Gasteiger partial charge is 0.261 e. The molecule has 11 heteroatoms. The molecule has 1 amide bonds. The van der Waals surface area contributed by atoms with Crippen LogP contribution >= 0.6 is 0 Å². The highest BCUT2D eigenvalue weighted by Crippen LogP contribution is 2.31. The first-order chi connectivity index (χ1) is 16.3. The van der Waals surface area contributed by atoms with Gasteiger partial charge >= 0.3 is 0 Å². The van der Waals surface area contributed by atoms with Gasteiger partial charge in [-0.25, -0.2) is 17.8 Å². The molecule has 0 saturated carbocycles. The zero-order valence-electron chi connectivity index (χ0n) is 18.7. The number of rotatable bonds is 7. The van der Waals surface area contributed by atoms with E-state index in [2.05, 4.69) is 10.3 Å². The van der Waals surface area contributed by atoms with Crippen LogP contribution < -0.4 is 15.6 Å². The highest BCUT2D eigenvalue weighted by molar-refractivity contribution is 7.89. The summed E-state index contributed by atoms with van der Waals surface area (Å²) >= 11 is 0. The first-order valence-corrected chi connectivity index (χ1v) is 12.4. The fourth-order valence-electron chi connectivity index (χ4n) is 3.91. The van der Waals surface area contributed by atoms with E-state index < -0.39 is 27.3 Å². The Balaban J connectivity index is 1.58. The van der Waals surface area contributed by atoms with Crippen molar-refractivity contribution in [3.8, 4) is 5.75 Å². The van der Waals surface area contributed by atoms with Crippen molar-refractivity contribution in [1.82, 2.24) is 13.9 Å². The number of nitrogens with zero attached hydrogens (tertiary/aromatic N) is 3. The monoisotopic (exact) mass is 488 g/mol. The number of fused-ring (bicyclic) bond motifs is 1. The van der Waals surface area contributed by atoms with Gasteiger partial charge in [0, 0.05) is 24.8 Å². The lowest BCUT2D eigenvalue weighted by Crippen LogP contribution is -2.35. The third-order valence-electron chi connectivity index (χ3n) is 5.56. The molecule has 9 nitrogen and oxygen atoms in total. The van der Waals surface area contributed by atoms with Gasteiger partial charge in [0.05, 0.1) is 23.8 Å². The van der Waals surface area contributed by atoms with E-state index in [-0.39, 0.29) is 40.4 Å². The molecule has 1 saturated heterocycles. The van der Waals surface area contributed by atoms with Crippen LogP contribution in [-0.4, -0.2) is 47.9 Å². The highest BCUT2D eigenvalue weighted by Gasteiger charge is 2.29. The maximum atomic E-state index is 13.4. The first kappa shape index (κ1) is 23.8. The van der Waals surface area contributed by atoms with Crippen LogP contribution in [-0.2, 0) is 21.4 Å². The molecule has 4 rings (SSSR count). The number of benzene rings is 2. The molecule has 1 aliphatic rings. The third kappa shape index (κ3) is 4.95. The summed E-state index contributed by atoms with van der Waals surface area (Å²) in [5, 5.41) is 2.82. The maximum Gasteiger partial charge on any atom is 0.261 e. The van der Waals surface area contributed by atoms with E-state index in [1.165, 1.54) is 28.8 Å². The number of halogens is 1. The van der Waals surface area contributed by atoms with Crippen molar-refractivity contribution < 1.29 is 22.3 Å². The Morgan fingerprint density at radius 3 is 2.65 bits per heavy atom. The number of hydrogen-bond acceptors (Lipinski definition) is 6. The summed E-state index contributed by atoms with van der Waals surface area (Å²) in [5.74, 6) is -0.843. The van der Waals surface area contributed by atoms with Gasteiger partial charge in [-0.2, -0.15) is 4.31 Å². The minimum Gasteiger partial charge on any atom is -0.492 e. The van der Waals surface area contributed by atoms with E-state index in [9.17, 15) is 22.4 Å². The number of carbonyl (C=O) groups is 1. The number of hydrogen-bond donors (Lipinski definition) is 1. The quantitative estimate of drug-likeness (QED) is 0.548. The van der Waals surface area contributed by atoms with Crippen molar-refractivity contribution in [3.05, 3.63) is 58.9 Å². The molecule has 0 unspecified atom stereocenters. The molecule has 34 heavy (non-hydrogen) atoms. The lowest BCUT2D eigenvalue weighted by atomic mass is 10.2. The van der Waals surface area contributed by atoms with Gasteiger partial charge in [-0.3, -0.25) is 14.2 Å². The second-order valence-electron chi connectivity index (χ2n) is 7.95. The van der Waals surface area contributed by atoms with Crippen LogP contribution in [0.3, 0.4) is 0 Å². The summed E-state index contributed by atoms with van der Waals surface area (Å²) in [4.78, 5) is 29.3. The Morgan fingerprint density at radius 1 is 1.15 bits per heavy atom. The predicted molar refractivity (Wildman–Crippen MR) is 125 cm³/mol. The predicted octanol–water partition coefficient (Wildman–Crippen LogP) is 2.75.